The van der Waals surface area contributed by atoms with Crippen molar-refractivity contribution in [3.63, 3.8) is 0 Å². The standard InChI is InChI=1S/C13H26N2O2/c1-6-17-10-7-9(13(10,4)5)15-8-12(2,3)11(14)16/h9-10,15H,6-8H2,1-5H3,(H2,14,16). The second kappa shape index (κ2) is 4.94. The van der Waals surface area contributed by atoms with Crippen molar-refractivity contribution in [2.45, 2.75) is 53.2 Å². The van der Waals surface area contributed by atoms with Crippen LogP contribution >= 0.6 is 0 Å². The Kier molecular flexibility index (Phi) is 4.20. The lowest BCUT2D eigenvalue weighted by Crippen LogP contribution is -2.62. The van der Waals surface area contributed by atoms with E-state index in [1.165, 1.54) is 0 Å². The molecule has 4 nitrogen and oxygen atoms in total. The topological polar surface area (TPSA) is 64.3 Å². The van der Waals surface area contributed by atoms with Gasteiger partial charge in [-0.05, 0) is 27.2 Å². The summed E-state index contributed by atoms with van der Waals surface area (Å²) >= 11 is 0. The van der Waals surface area contributed by atoms with E-state index in [0.29, 0.717) is 18.7 Å². The fourth-order valence-corrected chi connectivity index (χ4v) is 2.18. The first kappa shape index (κ1) is 14.5. The molecule has 0 heterocycles. The van der Waals surface area contributed by atoms with Gasteiger partial charge in [0.05, 0.1) is 11.5 Å². The highest BCUT2D eigenvalue weighted by atomic mass is 16.5. The van der Waals surface area contributed by atoms with E-state index < -0.39 is 5.41 Å². The molecule has 1 saturated carbocycles. The number of carbonyl (C=O) groups is 1. The third kappa shape index (κ3) is 2.99. The first-order valence-corrected chi connectivity index (χ1v) is 6.36. The van der Waals surface area contributed by atoms with Gasteiger partial charge in [0.1, 0.15) is 0 Å². The van der Waals surface area contributed by atoms with Gasteiger partial charge in [-0.15, -0.1) is 0 Å². The summed E-state index contributed by atoms with van der Waals surface area (Å²) in [5.41, 5.74) is 4.99. The Balaban J connectivity index is 2.43. The Labute approximate surface area is 104 Å². The molecule has 3 N–H and O–H groups in total. The summed E-state index contributed by atoms with van der Waals surface area (Å²) in [4.78, 5) is 11.2. The molecule has 1 rings (SSSR count). The van der Waals surface area contributed by atoms with Crippen LogP contribution in [0.3, 0.4) is 0 Å². The third-order valence-corrected chi connectivity index (χ3v) is 4.00. The number of hydrogen-bond acceptors (Lipinski definition) is 3. The average molecular weight is 242 g/mol. The minimum absolute atomic E-state index is 0.129. The van der Waals surface area contributed by atoms with E-state index in [9.17, 15) is 4.79 Å². The van der Waals surface area contributed by atoms with E-state index >= 15 is 0 Å². The Hall–Kier alpha value is -0.610. The summed E-state index contributed by atoms with van der Waals surface area (Å²) in [5, 5.41) is 3.44. The quantitative estimate of drug-likeness (QED) is 0.737. The van der Waals surface area contributed by atoms with Crippen LogP contribution in [0.15, 0.2) is 0 Å². The normalized spacial score (nSPS) is 27.6. The molecular formula is C13H26N2O2. The summed E-state index contributed by atoms with van der Waals surface area (Å²) in [5.74, 6) is -0.261. The maximum Gasteiger partial charge on any atom is 0.224 e. The molecule has 0 radical (unpaired) electrons. The van der Waals surface area contributed by atoms with Crippen LogP contribution in [0.2, 0.25) is 0 Å². The maximum atomic E-state index is 11.2. The molecule has 1 aliphatic carbocycles. The zero-order valence-corrected chi connectivity index (χ0v) is 11.7. The van der Waals surface area contributed by atoms with Crippen LogP contribution in [-0.4, -0.2) is 31.2 Å². The smallest absolute Gasteiger partial charge is 0.224 e. The molecule has 100 valence electrons. The number of nitrogens with one attached hydrogen (secondary N) is 1. The van der Waals surface area contributed by atoms with E-state index in [1.54, 1.807) is 0 Å². The molecule has 1 fully saturated rings. The van der Waals surface area contributed by atoms with Gasteiger partial charge in [-0.25, -0.2) is 0 Å². The molecule has 0 saturated heterocycles. The summed E-state index contributed by atoms with van der Waals surface area (Å²) in [7, 11) is 0. The van der Waals surface area contributed by atoms with Gasteiger partial charge in [-0.1, -0.05) is 13.8 Å². The van der Waals surface area contributed by atoms with E-state index in [0.717, 1.165) is 13.0 Å². The fraction of sp³-hybridized carbons (Fsp3) is 0.923. The van der Waals surface area contributed by atoms with Crippen molar-refractivity contribution in [3.8, 4) is 0 Å². The molecule has 2 unspecified atom stereocenters. The predicted octanol–water partition coefficient (Wildman–Crippen LogP) is 1.29. The predicted molar refractivity (Wildman–Crippen MR) is 68.6 cm³/mol. The molecule has 2 atom stereocenters. The molecule has 1 amide bonds. The second-order valence-corrected chi connectivity index (χ2v) is 6.18. The zero-order valence-electron chi connectivity index (χ0n) is 11.7. The molecule has 17 heavy (non-hydrogen) atoms. The van der Waals surface area contributed by atoms with Crippen LogP contribution in [0.25, 0.3) is 0 Å². The molecule has 0 spiro atoms. The van der Waals surface area contributed by atoms with Crippen molar-refractivity contribution in [1.29, 1.82) is 0 Å². The van der Waals surface area contributed by atoms with Crippen LogP contribution < -0.4 is 11.1 Å². The molecule has 1 aliphatic rings. The van der Waals surface area contributed by atoms with Crippen molar-refractivity contribution in [2.75, 3.05) is 13.2 Å². The van der Waals surface area contributed by atoms with E-state index in [2.05, 4.69) is 19.2 Å². The number of nitrogens with two attached hydrogens (primary N) is 1. The molecule has 4 heteroatoms. The lowest BCUT2D eigenvalue weighted by molar-refractivity contribution is -0.128. The number of hydrogen-bond donors (Lipinski definition) is 2. The Morgan fingerprint density at radius 3 is 2.53 bits per heavy atom. The monoisotopic (exact) mass is 242 g/mol. The first-order valence-electron chi connectivity index (χ1n) is 6.36. The number of amides is 1. The van der Waals surface area contributed by atoms with E-state index in [1.807, 2.05) is 20.8 Å². The lowest BCUT2D eigenvalue weighted by atomic mass is 9.64. The van der Waals surface area contributed by atoms with Gasteiger partial charge in [0, 0.05) is 24.6 Å². The van der Waals surface area contributed by atoms with Crippen molar-refractivity contribution in [2.24, 2.45) is 16.6 Å². The summed E-state index contributed by atoms with van der Waals surface area (Å²) in [6.07, 6.45) is 1.33. The largest absolute Gasteiger partial charge is 0.378 e. The van der Waals surface area contributed by atoms with Crippen LogP contribution in [0.5, 0.6) is 0 Å². The number of carbonyl (C=O) groups excluding carboxylic acids is 1. The molecule has 0 aromatic rings. The fourth-order valence-electron chi connectivity index (χ4n) is 2.18. The summed E-state index contributed by atoms with van der Waals surface area (Å²) < 4.78 is 5.67. The van der Waals surface area contributed by atoms with Gasteiger partial charge < -0.3 is 15.8 Å². The van der Waals surface area contributed by atoms with Crippen molar-refractivity contribution in [1.82, 2.24) is 5.32 Å². The molecule has 0 bridgehead atoms. The van der Waals surface area contributed by atoms with Gasteiger partial charge in [0.15, 0.2) is 0 Å². The highest BCUT2D eigenvalue weighted by molar-refractivity contribution is 5.80. The second-order valence-electron chi connectivity index (χ2n) is 6.18. The highest BCUT2D eigenvalue weighted by Gasteiger charge is 2.49. The van der Waals surface area contributed by atoms with Crippen molar-refractivity contribution >= 4 is 5.91 Å². The van der Waals surface area contributed by atoms with Crippen molar-refractivity contribution in [3.05, 3.63) is 0 Å². The van der Waals surface area contributed by atoms with E-state index in [-0.39, 0.29) is 11.3 Å². The van der Waals surface area contributed by atoms with Gasteiger partial charge in [0.25, 0.3) is 0 Å². The first-order chi connectivity index (χ1) is 7.71. The van der Waals surface area contributed by atoms with Crippen LogP contribution in [-0.2, 0) is 9.53 Å². The average Bonchev–Trinajstić information content (AvgIpc) is 2.22. The van der Waals surface area contributed by atoms with Gasteiger partial charge in [-0.3, -0.25) is 4.79 Å². The molecular weight excluding hydrogens is 216 g/mol. The van der Waals surface area contributed by atoms with Crippen LogP contribution in [0.4, 0.5) is 0 Å². The zero-order chi connectivity index (χ0) is 13.3. The number of primary amides is 1. The third-order valence-electron chi connectivity index (χ3n) is 4.00. The molecule has 0 aliphatic heterocycles. The Morgan fingerprint density at radius 1 is 1.53 bits per heavy atom. The minimum atomic E-state index is -0.493. The SMILES string of the molecule is CCOC1CC(NCC(C)(C)C(N)=O)C1(C)C. The van der Waals surface area contributed by atoms with Crippen molar-refractivity contribution < 1.29 is 9.53 Å². The number of rotatable bonds is 6. The van der Waals surface area contributed by atoms with Crippen LogP contribution in [0.1, 0.15) is 41.0 Å². The van der Waals surface area contributed by atoms with Gasteiger partial charge >= 0.3 is 0 Å². The Morgan fingerprint density at radius 2 is 2.12 bits per heavy atom. The Bertz CT molecular complexity index is 287. The molecule has 0 aromatic carbocycles. The molecule has 0 aromatic heterocycles. The van der Waals surface area contributed by atoms with Gasteiger partial charge in [-0.2, -0.15) is 0 Å². The maximum absolute atomic E-state index is 11.2. The van der Waals surface area contributed by atoms with Gasteiger partial charge in [0.2, 0.25) is 5.91 Å². The van der Waals surface area contributed by atoms with E-state index in [4.69, 9.17) is 10.5 Å². The lowest BCUT2D eigenvalue weighted by Gasteiger charge is -2.52. The minimum Gasteiger partial charge on any atom is -0.378 e. The van der Waals surface area contributed by atoms with Crippen LogP contribution in [0, 0.1) is 10.8 Å². The number of ether oxygens (including phenoxy) is 1. The highest BCUT2D eigenvalue weighted by Crippen LogP contribution is 2.42. The summed E-state index contributed by atoms with van der Waals surface area (Å²) in [6, 6.07) is 0.401. The summed E-state index contributed by atoms with van der Waals surface area (Å²) in [6.45, 7) is 11.5.